The fourth-order valence-electron chi connectivity index (χ4n) is 2.62. The van der Waals surface area contributed by atoms with Crippen LogP contribution in [0.3, 0.4) is 0 Å². The molecule has 0 N–H and O–H groups in total. The number of amides is 1. The standard InChI is InChI=1S/C20H21NO4/c1-3-21(13-16-7-9-18-19(12-16)25-14-24-18)20(22)10-8-15-5-4-6-17(11-15)23-2/h4-12H,3,13-14H2,1-2H3/b10-8+. The van der Waals surface area contributed by atoms with Gasteiger partial charge in [0.05, 0.1) is 7.11 Å². The van der Waals surface area contributed by atoms with E-state index in [1.54, 1.807) is 24.2 Å². The Bertz CT molecular complexity index is 785. The van der Waals surface area contributed by atoms with Crippen LogP contribution >= 0.6 is 0 Å². The highest BCUT2D eigenvalue weighted by molar-refractivity contribution is 5.91. The van der Waals surface area contributed by atoms with Crippen LogP contribution in [0.1, 0.15) is 18.1 Å². The largest absolute Gasteiger partial charge is 0.497 e. The summed E-state index contributed by atoms with van der Waals surface area (Å²) in [7, 11) is 1.62. The monoisotopic (exact) mass is 339 g/mol. The molecule has 0 radical (unpaired) electrons. The Kier molecular flexibility index (Phi) is 5.23. The van der Waals surface area contributed by atoms with E-state index in [4.69, 9.17) is 14.2 Å². The van der Waals surface area contributed by atoms with E-state index >= 15 is 0 Å². The van der Waals surface area contributed by atoms with Crippen LogP contribution in [0.15, 0.2) is 48.5 Å². The second-order valence-corrected chi connectivity index (χ2v) is 5.65. The van der Waals surface area contributed by atoms with Gasteiger partial charge in [-0.05, 0) is 48.4 Å². The molecular formula is C20H21NO4. The van der Waals surface area contributed by atoms with Gasteiger partial charge in [0, 0.05) is 19.2 Å². The molecule has 0 atom stereocenters. The quantitative estimate of drug-likeness (QED) is 0.756. The van der Waals surface area contributed by atoms with Crippen LogP contribution in [-0.2, 0) is 11.3 Å². The minimum Gasteiger partial charge on any atom is -0.497 e. The van der Waals surface area contributed by atoms with Crippen molar-refractivity contribution in [2.45, 2.75) is 13.5 Å². The molecule has 0 saturated heterocycles. The maximum absolute atomic E-state index is 12.5. The topological polar surface area (TPSA) is 48.0 Å². The van der Waals surface area contributed by atoms with E-state index in [1.165, 1.54) is 0 Å². The van der Waals surface area contributed by atoms with Crippen molar-refractivity contribution in [3.8, 4) is 17.2 Å². The Morgan fingerprint density at radius 3 is 2.84 bits per heavy atom. The number of likely N-dealkylation sites (N-methyl/N-ethyl adjacent to an activating group) is 1. The third kappa shape index (κ3) is 4.12. The fraction of sp³-hybridized carbons (Fsp3) is 0.250. The Hall–Kier alpha value is -2.95. The summed E-state index contributed by atoms with van der Waals surface area (Å²) in [6.45, 7) is 3.35. The first-order valence-electron chi connectivity index (χ1n) is 8.19. The van der Waals surface area contributed by atoms with Crippen molar-refractivity contribution in [1.29, 1.82) is 0 Å². The minimum atomic E-state index is -0.0389. The maximum atomic E-state index is 12.5. The number of benzene rings is 2. The molecule has 2 aromatic rings. The van der Waals surface area contributed by atoms with Crippen LogP contribution in [0, 0.1) is 0 Å². The molecule has 1 amide bonds. The maximum Gasteiger partial charge on any atom is 0.246 e. The SMILES string of the molecule is CCN(Cc1ccc2c(c1)OCO2)C(=O)/C=C/c1cccc(OC)c1. The van der Waals surface area contributed by atoms with Crippen molar-refractivity contribution in [2.75, 3.05) is 20.4 Å². The van der Waals surface area contributed by atoms with Crippen molar-refractivity contribution in [3.05, 3.63) is 59.7 Å². The zero-order valence-electron chi connectivity index (χ0n) is 14.4. The van der Waals surface area contributed by atoms with E-state index in [1.807, 2.05) is 49.4 Å². The molecule has 1 aliphatic rings. The molecule has 0 fully saturated rings. The predicted molar refractivity (Wildman–Crippen MR) is 95.7 cm³/mol. The van der Waals surface area contributed by atoms with Gasteiger partial charge in [-0.3, -0.25) is 4.79 Å². The molecule has 0 saturated carbocycles. The van der Waals surface area contributed by atoms with Gasteiger partial charge in [-0.25, -0.2) is 0 Å². The van der Waals surface area contributed by atoms with Crippen LogP contribution in [-0.4, -0.2) is 31.3 Å². The van der Waals surface area contributed by atoms with Crippen molar-refractivity contribution < 1.29 is 19.0 Å². The fourth-order valence-corrected chi connectivity index (χ4v) is 2.62. The van der Waals surface area contributed by atoms with Gasteiger partial charge < -0.3 is 19.1 Å². The van der Waals surface area contributed by atoms with Crippen LogP contribution in [0.4, 0.5) is 0 Å². The van der Waals surface area contributed by atoms with Crippen LogP contribution in [0.5, 0.6) is 17.2 Å². The third-order valence-electron chi connectivity index (χ3n) is 4.02. The zero-order valence-corrected chi connectivity index (χ0v) is 14.4. The molecular weight excluding hydrogens is 318 g/mol. The number of hydrogen-bond donors (Lipinski definition) is 0. The van der Waals surface area contributed by atoms with Gasteiger partial charge in [-0.15, -0.1) is 0 Å². The molecule has 5 nitrogen and oxygen atoms in total. The van der Waals surface area contributed by atoms with Crippen LogP contribution < -0.4 is 14.2 Å². The lowest BCUT2D eigenvalue weighted by atomic mass is 10.1. The first-order chi connectivity index (χ1) is 12.2. The van der Waals surface area contributed by atoms with E-state index in [0.717, 1.165) is 28.4 Å². The van der Waals surface area contributed by atoms with Gasteiger partial charge in [0.15, 0.2) is 11.5 Å². The van der Waals surface area contributed by atoms with Gasteiger partial charge in [0.1, 0.15) is 5.75 Å². The average molecular weight is 339 g/mol. The Balaban J connectivity index is 1.67. The average Bonchev–Trinajstić information content (AvgIpc) is 3.12. The van der Waals surface area contributed by atoms with Crippen molar-refractivity contribution in [3.63, 3.8) is 0 Å². The second kappa shape index (κ2) is 7.75. The summed E-state index contributed by atoms with van der Waals surface area (Å²) in [5.74, 6) is 2.20. The highest BCUT2D eigenvalue weighted by Crippen LogP contribution is 2.32. The molecule has 0 bridgehead atoms. The van der Waals surface area contributed by atoms with Gasteiger partial charge in [0.2, 0.25) is 12.7 Å². The van der Waals surface area contributed by atoms with Crippen molar-refractivity contribution in [2.24, 2.45) is 0 Å². The lowest BCUT2D eigenvalue weighted by molar-refractivity contribution is -0.126. The van der Waals surface area contributed by atoms with Crippen LogP contribution in [0.2, 0.25) is 0 Å². The summed E-state index contributed by atoms with van der Waals surface area (Å²) in [4.78, 5) is 14.3. The Morgan fingerprint density at radius 1 is 1.20 bits per heavy atom. The van der Waals surface area contributed by atoms with Gasteiger partial charge >= 0.3 is 0 Å². The number of rotatable bonds is 6. The number of carbonyl (C=O) groups excluding carboxylic acids is 1. The van der Waals surface area contributed by atoms with E-state index in [9.17, 15) is 4.79 Å². The Labute approximate surface area is 147 Å². The van der Waals surface area contributed by atoms with Gasteiger partial charge in [0.25, 0.3) is 0 Å². The Morgan fingerprint density at radius 2 is 2.04 bits per heavy atom. The second-order valence-electron chi connectivity index (χ2n) is 5.65. The molecule has 3 rings (SSSR count). The van der Waals surface area contributed by atoms with Crippen LogP contribution in [0.25, 0.3) is 6.08 Å². The van der Waals surface area contributed by atoms with Gasteiger partial charge in [-0.1, -0.05) is 18.2 Å². The molecule has 25 heavy (non-hydrogen) atoms. The van der Waals surface area contributed by atoms with Crippen molar-refractivity contribution in [1.82, 2.24) is 4.90 Å². The summed E-state index contributed by atoms with van der Waals surface area (Å²) >= 11 is 0. The molecule has 1 aliphatic heterocycles. The lowest BCUT2D eigenvalue weighted by Crippen LogP contribution is -2.28. The number of fused-ring (bicyclic) bond motifs is 1. The molecule has 2 aromatic carbocycles. The lowest BCUT2D eigenvalue weighted by Gasteiger charge is -2.19. The number of carbonyl (C=O) groups is 1. The molecule has 1 heterocycles. The summed E-state index contributed by atoms with van der Waals surface area (Å²) < 4.78 is 15.9. The molecule has 0 spiro atoms. The number of nitrogens with zero attached hydrogens (tertiary/aromatic N) is 1. The molecule has 0 unspecified atom stereocenters. The summed E-state index contributed by atoms with van der Waals surface area (Å²) in [6, 6.07) is 13.3. The third-order valence-corrected chi connectivity index (χ3v) is 4.02. The zero-order chi connectivity index (χ0) is 17.6. The van der Waals surface area contributed by atoms with E-state index in [-0.39, 0.29) is 12.7 Å². The number of hydrogen-bond acceptors (Lipinski definition) is 4. The minimum absolute atomic E-state index is 0.0389. The first-order valence-corrected chi connectivity index (χ1v) is 8.19. The molecule has 0 aromatic heterocycles. The molecule has 0 aliphatic carbocycles. The summed E-state index contributed by atoms with van der Waals surface area (Å²) in [5, 5.41) is 0. The van der Waals surface area contributed by atoms with E-state index in [2.05, 4.69) is 0 Å². The molecule has 5 heteroatoms. The predicted octanol–water partition coefficient (Wildman–Crippen LogP) is 3.49. The normalized spacial score (nSPS) is 12.4. The van der Waals surface area contributed by atoms with Gasteiger partial charge in [-0.2, -0.15) is 0 Å². The molecule has 130 valence electrons. The van der Waals surface area contributed by atoms with Crippen molar-refractivity contribution >= 4 is 12.0 Å². The van der Waals surface area contributed by atoms with E-state index in [0.29, 0.717) is 13.1 Å². The number of methoxy groups -OCH3 is 1. The smallest absolute Gasteiger partial charge is 0.246 e. The highest BCUT2D eigenvalue weighted by Gasteiger charge is 2.15. The number of ether oxygens (including phenoxy) is 3. The van der Waals surface area contributed by atoms with E-state index < -0.39 is 0 Å². The summed E-state index contributed by atoms with van der Waals surface area (Å²) in [6.07, 6.45) is 3.39. The first kappa shape index (κ1) is 16.9. The highest BCUT2D eigenvalue weighted by atomic mass is 16.7. The summed E-state index contributed by atoms with van der Waals surface area (Å²) in [5.41, 5.74) is 1.93.